The van der Waals surface area contributed by atoms with Gasteiger partial charge in [-0.05, 0) is 31.0 Å². The normalized spacial score (nSPS) is 18.0. The van der Waals surface area contributed by atoms with Gasteiger partial charge in [0, 0.05) is 18.2 Å². The molecule has 4 N–H and O–H groups in total. The standard InChI is InChI=1S/C17H19FN4O5/c18-11-7-10(3-4-12(11)22-5-6-27-8-13(22)23)20-17(26)14(15(19)24)21-16(25)9-1-2-9/h3-4,7,9,14H,1-2,5-6,8H2,(H2,19,24)(H,20,26)(H,21,25)/t14-/m1/s1. The molecule has 2 aliphatic rings. The first-order valence-electron chi connectivity index (χ1n) is 8.45. The summed E-state index contributed by atoms with van der Waals surface area (Å²) in [6, 6.07) is 2.20. The van der Waals surface area contributed by atoms with Crippen molar-refractivity contribution in [1.29, 1.82) is 0 Å². The molecule has 2 fully saturated rings. The lowest BCUT2D eigenvalue weighted by atomic mass is 10.2. The summed E-state index contributed by atoms with van der Waals surface area (Å²) < 4.78 is 19.4. The van der Waals surface area contributed by atoms with E-state index in [1.807, 2.05) is 0 Å². The van der Waals surface area contributed by atoms with Gasteiger partial charge in [-0.1, -0.05) is 0 Å². The van der Waals surface area contributed by atoms with Crippen LogP contribution in [0.5, 0.6) is 0 Å². The lowest BCUT2D eigenvalue weighted by Crippen LogP contribution is -2.52. The fraction of sp³-hybridized carbons (Fsp3) is 0.412. The van der Waals surface area contributed by atoms with Gasteiger partial charge < -0.3 is 26.0 Å². The summed E-state index contributed by atoms with van der Waals surface area (Å²) in [5, 5.41) is 4.64. The molecule has 1 saturated carbocycles. The number of amides is 4. The van der Waals surface area contributed by atoms with Crippen LogP contribution in [0.1, 0.15) is 12.8 Å². The minimum Gasteiger partial charge on any atom is -0.370 e. The first-order chi connectivity index (χ1) is 12.9. The SMILES string of the molecule is NC(=O)[C@@H](NC(=O)C1CC1)C(=O)Nc1ccc(N2CCOCC2=O)c(F)c1. The highest BCUT2D eigenvalue weighted by atomic mass is 19.1. The van der Waals surface area contributed by atoms with Crippen LogP contribution >= 0.6 is 0 Å². The van der Waals surface area contributed by atoms with Gasteiger partial charge in [0.25, 0.3) is 11.8 Å². The molecule has 1 heterocycles. The van der Waals surface area contributed by atoms with Crippen LogP contribution in [-0.4, -0.2) is 49.4 Å². The number of anilines is 2. The van der Waals surface area contributed by atoms with E-state index < -0.39 is 29.6 Å². The van der Waals surface area contributed by atoms with Gasteiger partial charge >= 0.3 is 0 Å². The van der Waals surface area contributed by atoms with E-state index >= 15 is 0 Å². The number of primary amides is 1. The molecule has 144 valence electrons. The van der Waals surface area contributed by atoms with Crippen LogP contribution in [0.25, 0.3) is 0 Å². The molecule has 1 aliphatic heterocycles. The van der Waals surface area contributed by atoms with E-state index in [0.29, 0.717) is 19.4 Å². The molecule has 0 unspecified atom stereocenters. The average Bonchev–Trinajstić information content (AvgIpc) is 3.45. The summed E-state index contributed by atoms with van der Waals surface area (Å²) >= 11 is 0. The van der Waals surface area contributed by atoms with Gasteiger partial charge in [-0.3, -0.25) is 19.2 Å². The van der Waals surface area contributed by atoms with Crippen molar-refractivity contribution >= 4 is 35.0 Å². The van der Waals surface area contributed by atoms with E-state index in [9.17, 15) is 23.6 Å². The van der Waals surface area contributed by atoms with Crippen LogP contribution in [0, 0.1) is 11.7 Å². The number of ether oxygens (including phenoxy) is 1. The minimum atomic E-state index is -1.55. The number of carbonyl (C=O) groups is 4. The number of benzene rings is 1. The number of nitrogens with two attached hydrogens (primary N) is 1. The molecule has 0 radical (unpaired) electrons. The Kier molecular flexibility index (Phi) is 5.36. The largest absolute Gasteiger partial charge is 0.370 e. The maximum atomic E-state index is 14.4. The predicted molar refractivity (Wildman–Crippen MR) is 92.1 cm³/mol. The first-order valence-corrected chi connectivity index (χ1v) is 8.45. The molecule has 3 rings (SSSR count). The number of hydrogen-bond donors (Lipinski definition) is 3. The molecule has 1 aromatic rings. The Bertz CT molecular complexity index is 796. The smallest absolute Gasteiger partial charge is 0.256 e. The van der Waals surface area contributed by atoms with Gasteiger partial charge in [0.15, 0.2) is 6.04 Å². The molecular weight excluding hydrogens is 359 g/mol. The average molecular weight is 378 g/mol. The Labute approximate surface area is 154 Å². The number of nitrogens with one attached hydrogen (secondary N) is 2. The van der Waals surface area contributed by atoms with Crippen LogP contribution < -0.4 is 21.3 Å². The van der Waals surface area contributed by atoms with Gasteiger partial charge in [0.2, 0.25) is 11.8 Å². The van der Waals surface area contributed by atoms with E-state index in [4.69, 9.17) is 10.5 Å². The molecule has 1 saturated heterocycles. The van der Waals surface area contributed by atoms with E-state index in [1.54, 1.807) is 0 Å². The number of carbonyl (C=O) groups excluding carboxylic acids is 4. The zero-order valence-corrected chi connectivity index (χ0v) is 14.4. The molecule has 1 aliphatic carbocycles. The summed E-state index contributed by atoms with van der Waals surface area (Å²) in [5.74, 6) is -3.60. The molecule has 1 aromatic carbocycles. The molecule has 0 spiro atoms. The molecule has 1 atom stereocenters. The summed E-state index contributed by atoms with van der Waals surface area (Å²) in [6.07, 6.45) is 1.40. The zero-order valence-electron chi connectivity index (χ0n) is 14.4. The molecule has 10 heteroatoms. The quantitative estimate of drug-likeness (QED) is 0.575. The van der Waals surface area contributed by atoms with Crippen molar-refractivity contribution in [1.82, 2.24) is 5.32 Å². The predicted octanol–water partition coefficient (Wildman–Crippen LogP) is -0.493. The lowest BCUT2D eigenvalue weighted by Gasteiger charge is -2.27. The van der Waals surface area contributed by atoms with Crippen LogP contribution in [0.3, 0.4) is 0 Å². The fourth-order valence-corrected chi connectivity index (χ4v) is 2.66. The van der Waals surface area contributed by atoms with Gasteiger partial charge in [-0.15, -0.1) is 0 Å². The summed E-state index contributed by atoms with van der Waals surface area (Å²) in [7, 11) is 0. The minimum absolute atomic E-state index is 0.0638. The van der Waals surface area contributed by atoms with E-state index in [1.165, 1.54) is 17.0 Å². The monoisotopic (exact) mass is 378 g/mol. The topological polar surface area (TPSA) is 131 Å². The third-order valence-corrected chi connectivity index (χ3v) is 4.27. The van der Waals surface area contributed by atoms with E-state index in [-0.39, 0.29) is 36.4 Å². The van der Waals surface area contributed by atoms with Crippen molar-refractivity contribution in [2.24, 2.45) is 11.7 Å². The molecule has 27 heavy (non-hydrogen) atoms. The van der Waals surface area contributed by atoms with Gasteiger partial charge in [-0.2, -0.15) is 0 Å². The highest BCUT2D eigenvalue weighted by Crippen LogP contribution is 2.29. The second-order valence-electron chi connectivity index (χ2n) is 6.37. The Morgan fingerprint density at radius 1 is 1.30 bits per heavy atom. The third-order valence-electron chi connectivity index (χ3n) is 4.27. The van der Waals surface area contributed by atoms with Crippen molar-refractivity contribution in [3.05, 3.63) is 24.0 Å². The Hall–Kier alpha value is -3.01. The third kappa shape index (κ3) is 4.40. The van der Waals surface area contributed by atoms with Gasteiger partial charge in [0.1, 0.15) is 12.4 Å². The summed E-state index contributed by atoms with van der Waals surface area (Å²) in [5.41, 5.74) is 5.31. The van der Waals surface area contributed by atoms with Crippen LogP contribution in [-0.2, 0) is 23.9 Å². The zero-order chi connectivity index (χ0) is 19.6. The molecule has 9 nitrogen and oxygen atoms in total. The highest BCUT2D eigenvalue weighted by molar-refractivity contribution is 6.11. The second-order valence-corrected chi connectivity index (χ2v) is 6.37. The van der Waals surface area contributed by atoms with Gasteiger partial charge in [0.05, 0.1) is 12.3 Å². The van der Waals surface area contributed by atoms with Gasteiger partial charge in [-0.25, -0.2) is 4.39 Å². The molecule has 0 bridgehead atoms. The summed E-state index contributed by atoms with van der Waals surface area (Å²) in [4.78, 5) is 48.6. The van der Waals surface area contributed by atoms with Crippen molar-refractivity contribution in [3.8, 4) is 0 Å². The maximum Gasteiger partial charge on any atom is 0.256 e. The Morgan fingerprint density at radius 3 is 2.63 bits per heavy atom. The number of halogens is 1. The lowest BCUT2D eigenvalue weighted by molar-refractivity contribution is -0.133. The van der Waals surface area contributed by atoms with Crippen molar-refractivity contribution in [2.45, 2.75) is 18.9 Å². The van der Waals surface area contributed by atoms with Crippen molar-refractivity contribution in [2.75, 3.05) is 30.0 Å². The van der Waals surface area contributed by atoms with E-state index in [2.05, 4.69) is 10.6 Å². The van der Waals surface area contributed by atoms with Crippen LogP contribution in [0.15, 0.2) is 18.2 Å². The second kappa shape index (κ2) is 7.70. The van der Waals surface area contributed by atoms with E-state index in [0.717, 1.165) is 6.07 Å². The molecular formula is C17H19FN4O5. The number of rotatable bonds is 6. The van der Waals surface area contributed by atoms with Crippen LogP contribution in [0.4, 0.5) is 15.8 Å². The van der Waals surface area contributed by atoms with Crippen LogP contribution in [0.2, 0.25) is 0 Å². The molecule has 4 amide bonds. The van der Waals surface area contributed by atoms with Crippen molar-refractivity contribution in [3.63, 3.8) is 0 Å². The first kappa shape index (κ1) is 18.8. The number of hydrogen-bond acceptors (Lipinski definition) is 5. The molecule has 0 aromatic heterocycles. The highest BCUT2D eigenvalue weighted by Gasteiger charge is 2.34. The fourth-order valence-electron chi connectivity index (χ4n) is 2.66. The Balaban J connectivity index is 1.69. The number of nitrogens with zero attached hydrogens (tertiary/aromatic N) is 1. The maximum absolute atomic E-state index is 14.4. The number of morpholine rings is 1. The Morgan fingerprint density at radius 2 is 2.04 bits per heavy atom. The summed E-state index contributed by atoms with van der Waals surface area (Å²) in [6.45, 7) is 0.391. The van der Waals surface area contributed by atoms with Crippen molar-refractivity contribution < 1.29 is 28.3 Å².